The number of carboxylic acids is 2. The molecule has 2 saturated heterocycles. The van der Waals surface area contributed by atoms with Crippen molar-refractivity contribution in [2.24, 2.45) is 23.7 Å². The number of fused-ring (bicyclic) bond motifs is 5. The molecule has 1 aromatic rings. The van der Waals surface area contributed by atoms with Crippen molar-refractivity contribution < 1.29 is 34.1 Å². The second-order valence-electron chi connectivity index (χ2n) is 10.5. The molecular formula is C28H36ClN3O7. The van der Waals surface area contributed by atoms with Gasteiger partial charge in [-0.3, -0.25) is 19.4 Å². The third-order valence-corrected chi connectivity index (χ3v) is 8.26. The van der Waals surface area contributed by atoms with E-state index >= 15 is 0 Å². The second-order valence-corrected chi connectivity index (χ2v) is 10.9. The number of carbonyl (C=O) groups excluding carboxylic acids is 2. The third kappa shape index (κ3) is 6.80. The Morgan fingerprint density at radius 2 is 1.51 bits per heavy atom. The van der Waals surface area contributed by atoms with Crippen LogP contribution in [0, 0.1) is 23.7 Å². The van der Waals surface area contributed by atoms with Gasteiger partial charge in [0.15, 0.2) is 0 Å². The Kier molecular flexibility index (Phi) is 9.63. The molecule has 11 heteroatoms. The van der Waals surface area contributed by atoms with Gasteiger partial charge < -0.3 is 19.8 Å². The maximum absolute atomic E-state index is 13.2. The molecule has 3 unspecified atom stereocenters. The Labute approximate surface area is 233 Å². The summed E-state index contributed by atoms with van der Waals surface area (Å²) >= 11 is 6.03. The molecule has 212 valence electrons. The predicted molar refractivity (Wildman–Crippen MR) is 144 cm³/mol. The SMILES string of the molecule is CCCCOC(CN1CCN(c2ccc(Cl)cc2)CC1)CN1C(=O)C2C3C=C[C@@H](C3)[C@@H]2C1=O.O=C(O)C(=O)O. The summed E-state index contributed by atoms with van der Waals surface area (Å²) in [5.41, 5.74) is 1.19. The van der Waals surface area contributed by atoms with Crippen molar-refractivity contribution in [3.63, 3.8) is 0 Å². The van der Waals surface area contributed by atoms with Crippen LogP contribution in [-0.2, 0) is 23.9 Å². The summed E-state index contributed by atoms with van der Waals surface area (Å²) in [6.07, 6.45) is 7.17. The number of imide groups is 1. The van der Waals surface area contributed by atoms with E-state index in [4.69, 9.17) is 36.1 Å². The highest BCUT2D eigenvalue weighted by Crippen LogP contribution is 2.52. The number of allylic oxidation sites excluding steroid dienone is 2. The fraction of sp³-hybridized carbons (Fsp3) is 0.571. The highest BCUT2D eigenvalue weighted by atomic mass is 35.5. The van der Waals surface area contributed by atoms with E-state index in [0.717, 1.165) is 57.0 Å². The minimum Gasteiger partial charge on any atom is -0.473 e. The van der Waals surface area contributed by atoms with Gasteiger partial charge in [0.1, 0.15) is 0 Å². The number of piperazine rings is 1. The Hall–Kier alpha value is -2.95. The quantitative estimate of drug-likeness (QED) is 0.202. The Balaban J connectivity index is 0.000000531. The number of rotatable bonds is 9. The number of unbranched alkanes of at least 4 members (excludes halogenated alkanes) is 1. The summed E-state index contributed by atoms with van der Waals surface area (Å²) in [6, 6.07) is 8.00. The van der Waals surface area contributed by atoms with Gasteiger partial charge in [-0.2, -0.15) is 0 Å². The van der Waals surface area contributed by atoms with Crippen LogP contribution >= 0.6 is 11.6 Å². The van der Waals surface area contributed by atoms with E-state index < -0.39 is 11.9 Å². The normalized spacial score (nSPS) is 26.4. The number of carbonyl (C=O) groups is 4. The van der Waals surface area contributed by atoms with Gasteiger partial charge >= 0.3 is 11.9 Å². The topological polar surface area (TPSA) is 128 Å². The van der Waals surface area contributed by atoms with Gasteiger partial charge in [0.05, 0.1) is 24.5 Å². The van der Waals surface area contributed by atoms with Crippen LogP contribution in [0.1, 0.15) is 26.2 Å². The summed E-state index contributed by atoms with van der Waals surface area (Å²) < 4.78 is 6.23. The van der Waals surface area contributed by atoms with E-state index in [0.29, 0.717) is 13.2 Å². The molecule has 5 rings (SSSR count). The monoisotopic (exact) mass is 561 g/mol. The maximum atomic E-state index is 13.2. The molecule has 2 heterocycles. The van der Waals surface area contributed by atoms with Gasteiger partial charge in [-0.15, -0.1) is 0 Å². The number of benzene rings is 1. The van der Waals surface area contributed by atoms with Crippen molar-refractivity contribution in [1.29, 1.82) is 0 Å². The van der Waals surface area contributed by atoms with Gasteiger partial charge in [-0.05, 0) is 48.9 Å². The molecule has 10 nitrogen and oxygen atoms in total. The summed E-state index contributed by atoms with van der Waals surface area (Å²) in [6.45, 7) is 7.66. The first-order valence-corrected chi connectivity index (χ1v) is 13.9. The molecule has 2 amide bonds. The Morgan fingerprint density at radius 1 is 0.949 bits per heavy atom. The highest BCUT2D eigenvalue weighted by Gasteiger charge is 2.59. The molecule has 3 fully saturated rings. The Morgan fingerprint density at radius 3 is 2.03 bits per heavy atom. The van der Waals surface area contributed by atoms with Crippen molar-refractivity contribution in [3.05, 3.63) is 41.4 Å². The number of amides is 2. The number of ether oxygens (including phenoxy) is 1. The molecule has 1 aromatic carbocycles. The molecule has 39 heavy (non-hydrogen) atoms. The standard InChI is InChI=1S/C26H34ClN3O3.C2H2O4/c1-2-3-14-33-22(16-28-10-12-29(13-11-28)21-8-6-20(27)7-9-21)17-30-25(31)23-18-4-5-19(15-18)24(23)26(30)32;3-1(4)2(5)6/h4-9,18-19,22-24H,2-3,10-17H2,1H3;(H,3,4)(H,5,6)/t18-,19?,22?,23-,24?;/m0./s1. The van der Waals surface area contributed by atoms with E-state index in [1.807, 2.05) is 12.1 Å². The number of hydrogen-bond acceptors (Lipinski definition) is 7. The number of hydrogen-bond donors (Lipinski definition) is 2. The Bertz CT molecular complexity index is 1050. The molecule has 4 aliphatic rings. The van der Waals surface area contributed by atoms with Gasteiger partial charge in [-0.25, -0.2) is 9.59 Å². The van der Waals surface area contributed by atoms with Crippen molar-refractivity contribution in [3.8, 4) is 0 Å². The fourth-order valence-electron chi connectivity index (χ4n) is 6.03. The lowest BCUT2D eigenvalue weighted by molar-refractivity contribution is -0.159. The first kappa shape index (κ1) is 29.0. The summed E-state index contributed by atoms with van der Waals surface area (Å²) in [5, 5.41) is 15.5. The molecule has 2 bridgehead atoms. The number of likely N-dealkylation sites (tertiary alicyclic amines) is 1. The van der Waals surface area contributed by atoms with Crippen molar-refractivity contribution >= 4 is 41.0 Å². The van der Waals surface area contributed by atoms with Crippen molar-refractivity contribution in [1.82, 2.24) is 9.80 Å². The van der Waals surface area contributed by atoms with Gasteiger partial charge in [0.2, 0.25) is 11.8 Å². The van der Waals surface area contributed by atoms with Crippen LogP contribution in [-0.4, -0.2) is 95.7 Å². The van der Waals surface area contributed by atoms with E-state index in [1.165, 1.54) is 10.6 Å². The molecule has 2 aliphatic heterocycles. The number of halogens is 1. The van der Waals surface area contributed by atoms with Crippen LogP contribution in [0.4, 0.5) is 5.69 Å². The summed E-state index contributed by atoms with van der Waals surface area (Å²) in [7, 11) is 0. The van der Waals surface area contributed by atoms with Crippen LogP contribution in [0.2, 0.25) is 5.02 Å². The minimum atomic E-state index is -1.82. The molecule has 0 spiro atoms. The lowest BCUT2D eigenvalue weighted by Gasteiger charge is -2.38. The number of nitrogens with zero attached hydrogens (tertiary/aromatic N) is 3. The van der Waals surface area contributed by atoms with E-state index in [1.54, 1.807) is 0 Å². The highest BCUT2D eigenvalue weighted by molar-refractivity contribution is 6.30. The third-order valence-electron chi connectivity index (χ3n) is 8.01. The molecule has 0 radical (unpaired) electrons. The maximum Gasteiger partial charge on any atom is 0.414 e. The average molecular weight is 562 g/mol. The zero-order valence-corrected chi connectivity index (χ0v) is 22.8. The predicted octanol–water partition coefficient (Wildman–Crippen LogP) is 2.61. The first-order valence-electron chi connectivity index (χ1n) is 13.5. The average Bonchev–Trinajstić information content (AvgIpc) is 3.60. The lowest BCUT2D eigenvalue weighted by Crippen LogP contribution is -2.51. The lowest BCUT2D eigenvalue weighted by atomic mass is 9.85. The van der Waals surface area contributed by atoms with Crippen LogP contribution in [0.25, 0.3) is 0 Å². The minimum absolute atomic E-state index is 0.0264. The molecule has 1 saturated carbocycles. The number of anilines is 1. The fourth-order valence-corrected chi connectivity index (χ4v) is 6.16. The van der Waals surface area contributed by atoms with Gasteiger partial charge in [0.25, 0.3) is 0 Å². The van der Waals surface area contributed by atoms with Crippen molar-refractivity contribution in [2.75, 3.05) is 50.8 Å². The number of aliphatic carboxylic acids is 2. The molecule has 0 aromatic heterocycles. The second kappa shape index (κ2) is 12.9. The zero-order valence-electron chi connectivity index (χ0n) is 22.1. The first-order chi connectivity index (χ1) is 18.7. The summed E-state index contributed by atoms with van der Waals surface area (Å²) in [4.78, 5) is 50.8. The van der Waals surface area contributed by atoms with E-state index in [9.17, 15) is 9.59 Å². The van der Waals surface area contributed by atoms with Gasteiger partial charge in [-0.1, -0.05) is 37.1 Å². The number of carboxylic acid groups (broad SMARTS) is 2. The largest absolute Gasteiger partial charge is 0.473 e. The molecule has 5 atom stereocenters. The van der Waals surface area contributed by atoms with Crippen LogP contribution in [0.3, 0.4) is 0 Å². The van der Waals surface area contributed by atoms with Gasteiger partial charge in [0, 0.05) is 50.0 Å². The van der Waals surface area contributed by atoms with E-state index in [-0.39, 0.29) is 41.6 Å². The van der Waals surface area contributed by atoms with E-state index in [2.05, 4.69) is 41.0 Å². The van der Waals surface area contributed by atoms with Crippen LogP contribution in [0.5, 0.6) is 0 Å². The zero-order chi connectivity index (χ0) is 28.1. The molecule has 2 N–H and O–H groups in total. The summed E-state index contributed by atoms with van der Waals surface area (Å²) in [5.74, 6) is -3.36. The molecular weight excluding hydrogens is 526 g/mol. The van der Waals surface area contributed by atoms with Crippen molar-refractivity contribution in [2.45, 2.75) is 32.3 Å². The van der Waals surface area contributed by atoms with Crippen LogP contribution < -0.4 is 4.90 Å². The smallest absolute Gasteiger partial charge is 0.414 e. The molecule has 2 aliphatic carbocycles. The van der Waals surface area contributed by atoms with Crippen LogP contribution in [0.15, 0.2) is 36.4 Å².